The first kappa shape index (κ1) is 15.2. The van der Waals surface area contributed by atoms with Crippen LogP contribution in [0.15, 0.2) is 23.1 Å². The SMILES string of the molecule is CNC(CS(=O)c1ccc(F)cc1F)C(C)(C)C. The van der Waals surface area contributed by atoms with Crippen LogP contribution in [0.5, 0.6) is 0 Å². The summed E-state index contributed by atoms with van der Waals surface area (Å²) in [5, 5.41) is 3.08. The molecule has 1 N–H and O–H groups in total. The van der Waals surface area contributed by atoms with Crippen LogP contribution in [0.2, 0.25) is 0 Å². The standard InChI is InChI=1S/C13H19F2NOS/c1-13(2,3)12(16-4)8-18(17)11-6-5-9(14)7-10(11)15/h5-7,12,16H,8H2,1-4H3. The summed E-state index contributed by atoms with van der Waals surface area (Å²) in [6.45, 7) is 6.06. The predicted molar refractivity (Wildman–Crippen MR) is 69.9 cm³/mol. The molecule has 0 radical (unpaired) electrons. The molecule has 0 saturated heterocycles. The van der Waals surface area contributed by atoms with Crippen molar-refractivity contribution >= 4 is 10.8 Å². The Bertz CT molecular complexity index is 443. The lowest BCUT2D eigenvalue weighted by molar-refractivity contribution is 0.304. The Labute approximate surface area is 109 Å². The van der Waals surface area contributed by atoms with Crippen LogP contribution in [0.1, 0.15) is 20.8 Å². The molecule has 0 aliphatic heterocycles. The van der Waals surface area contributed by atoms with Crippen molar-refractivity contribution in [3.05, 3.63) is 29.8 Å². The molecule has 1 aromatic carbocycles. The second-order valence-electron chi connectivity index (χ2n) is 5.29. The third kappa shape index (κ3) is 3.85. The molecule has 0 amide bonds. The third-order valence-corrected chi connectivity index (χ3v) is 4.31. The van der Waals surface area contributed by atoms with Crippen molar-refractivity contribution < 1.29 is 13.0 Å². The third-order valence-electron chi connectivity index (χ3n) is 2.85. The summed E-state index contributed by atoms with van der Waals surface area (Å²) in [4.78, 5) is 0.0564. The number of benzene rings is 1. The van der Waals surface area contributed by atoms with E-state index in [0.717, 1.165) is 12.1 Å². The van der Waals surface area contributed by atoms with Gasteiger partial charge in [-0.15, -0.1) is 0 Å². The van der Waals surface area contributed by atoms with E-state index in [0.29, 0.717) is 5.75 Å². The van der Waals surface area contributed by atoms with Crippen molar-refractivity contribution in [3.8, 4) is 0 Å². The van der Waals surface area contributed by atoms with E-state index in [1.54, 1.807) is 7.05 Å². The van der Waals surface area contributed by atoms with E-state index in [-0.39, 0.29) is 16.4 Å². The van der Waals surface area contributed by atoms with Gasteiger partial charge in [-0.1, -0.05) is 20.8 Å². The van der Waals surface area contributed by atoms with Crippen molar-refractivity contribution in [1.29, 1.82) is 0 Å². The van der Waals surface area contributed by atoms with E-state index in [9.17, 15) is 13.0 Å². The highest BCUT2D eigenvalue weighted by molar-refractivity contribution is 7.85. The first-order chi connectivity index (χ1) is 8.25. The smallest absolute Gasteiger partial charge is 0.142 e. The zero-order valence-electron chi connectivity index (χ0n) is 11.1. The van der Waals surface area contributed by atoms with Crippen molar-refractivity contribution in [2.75, 3.05) is 12.8 Å². The Morgan fingerprint density at radius 1 is 1.33 bits per heavy atom. The summed E-state index contributed by atoms with van der Waals surface area (Å²) in [7, 11) is 0.302. The van der Waals surface area contributed by atoms with Crippen LogP contribution in [-0.2, 0) is 10.8 Å². The number of nitrogens with one attached hydrogen (secondary N) is 1. The fourth-order valence-electron chi connectivity index (χ4n) is 1.67. The molecular formula is C13H19F2NOS. The molecule has 18 heavy (non-hydrogen) atoms. The van der Waals surface area contributed by atoms with Gasteiger partial charge in [-0.25, -0.2) is 8.78 Å². The van der Waals surface area contributed by atoms with Crippen molar-refractivity contribution in [3.63, 3.8) is 0 Å². The topological polar surface area (TPSA) is 29.1 Å². The van der Waals surface area contributed by atoms with Crippen LogP contribution in [0.4, 0.5) is 8.78 Å². The summed E-state index contributed by atoms with van der Waals surface area (Å²) in [6, 6.07) is 3.12. The minimum atomic E-state index is -1.48. The number of hydrogen-bond acceptors (Lipinski definition) is 2. The average molecular weight is 275 g/mol. The van der Waals surface area contributed by atoms with Crippen LogP contribution in [-0.4, -0.2) is 23.1 Å². The molecule has 2 nitrogen and oxygen atoms in total. The predicted octanol–water partition coefficient (Wildman–Crippen LogP) is 2.71. The largest absolute Gasteiger partial charge is 0.316 e. The van der Waals surface area contributed by atoms with E-state index < -0.39 is 22.4 Å². The van der Waals surface area contributed by atoms with E-state index >= 15 is 0 Å². The van der Waals surface area contributed by atoms with Crippen molar-refractivity contribution in [2.24, 2.45) is 5.41 Å². The van der Waals surface area contributed by atoms with Crippen molar-refractivity contribution in [2.45, 2.75) is 31.7 Å². The second-order valence-corrected chi connectivity index (χ2v) is 6.76. The molecule has 0 fully saturated rings. The molecule has 5 heteroatoms. The van der Waals surface area contributed by atoms with Gasteiger partial charge >= 0.3 is 0 Å². The molecule has 2 unspecified atom stereocenters. The van der Waals surface area contributed by atoms with E-state index in [1.807, 2.05) is 20.8 Å². The summed E-state index contributed by atoms with van der Waals surface area (Å²) < 4.78 is 38.4. The van der Waals surface area contributed by atoms with Crippen LogP contribution >= 0.6 is 0 Å². The fraction of sp³-hybridized carbons (Fsp3) is 0.538. The van der Waals surface area contributed by atoms with Gasteiger partial charge in [0.05, 0.1) is 15.7 Å². The van der Waals surface area contributed by atoms with E-state index in [4.69, 9.17) is 0 Å². The fourth-order valence-corrected chi connectivity index (χ4v) is 3.31. The maximum absolute atomic E-state index is 13.5. The molecule has 0 aromatic heterocycles. The zero-order valence-corrected chi connectivity index (χ0v) is 11.9. The molecule has 1 aromatic rings. The molecule has 0 aliphatic carbocycles. The maximum Gasteiger partial charge on any atom is 0.142 e. The van der Waals surface area contributed by atoms with Gasteiger partial charge in [-0.2, -0.15) is 0 Å². The van der Waals surface area contributed by atoms with Crippen LogP contribution < -0.4 is 5.32 Å². The van der Waals surface area contributed by atoms with Crippen molar-refractivity contribution in [1.82, 2.24) is 5.32 Å². The summed E-state index contributed by atoms with van der Waals surface area (Å²) >= 11 is 0. The van der Waals surface area contributed by atoms with Crippen LogP contribution in [0.25, 0.3) is 0 Å². The minimum Gasteiger partial charge on any atom is -0.316 e. The first-order valence-electron chi connectivity index (χ1n) is 5.76. The van der Waals surface area contributed by atoms with Gasteiger partial charge in [0.1, 0.15) is 11.6 Å². The van der Waals surface area contributed by atoms with Gasteiger partial charge in [0.25, 0.3) is 0 Å². The van der Waals surface area contributed by atoms with Gasteiger partial charge < -0.3 is 5.32 Å². The molecular weight excluding hydrogens is 256 g/mol. The number of halogens is 2. The zero-order chi connectivity index (χ0) is 13.9. The first-order valence-corrected chi connectivity index (χ1v) is 7.08. The Balaban J connectivity index is 2.88. The van der Waals surface area contributed by atoms with E-state index in [2.05, 4.69) is 5.32 Å². The van der Waals surface area contributed by atoms with Crippen LogP contribution in [0, 0.1) is 17.0 Å². The second kappa shape index (κ2) is 5.89. The normalized spacial score (nSPS) is 15.4. The Kier molecular flexibility index (Phi) is 4.99. The van der Waals surface area contributed by atoms with Gasteiger partial charge in [-0.05, 0) is 24.6 Å². The van der Waals surface area contributed by atoms with Gasteiger partial charge in [0, 0.05) is 17.9 Å². The molecule has 1 rings (SSSR count). The molecule has 0 saturated carbocycles. The average Bonchev–Trinajstić information content (AvgIpc) is 2.23. The number of rotatable bonds is 4. The number of hydrogen-bond donors (Lipinski definition) is 1. The van der Waals surface area contributed by atoms with E-state index in [1.165, 1.54) is 6.07 Å². The molecule has 0 heterocycles. The Morgan fingerprint density at radius 2 is 1.94 bits per heavy atom. The lowest BCUT2D eigenvalue weighted by Gasteiger charge is -2.30. The molecule has 0 aliphatic rings. The molecule has 0 bridgehead atoms. The van der Waals surface area contributed by atoms with Crippen LogP contribution in [0.3, 0.4) is 0 Å². The Morgan fingerprint density at radius 3 is 2.39 bits per heavy atom. The maximum atomic E-state index is 13.5. The highest BCUT2D eigenvalue weighted by atomic mass is 32.2. The minimum absolute atomic E-state index is 0.0113. The lowest BCUT2D eigenvalue weighted by Crippen LogP contribution is -2.42. The molecule has 2 atom stereocenters. The van der Waals surface area contributed by atoms with Gasteiger partial charge in [-0.3, -0.25) is 4.21 Å². The van der Waals surface area contributed by atoms with Gasteiger partial charge in [0.15, 0.2) is 0 Å². The monoisotopic (exact) mass is 275 g/mol. The highest BCUT2D eigenvalue weighted by Gasteiger charge is 2.26. The highest BCUT2D eigenvalue weighted by Crippen LogP contribution is 2.22. The lowest BCUT2D eigenvalue weighted by atomic mass is 9.88. The van der Waals surface area contributed by atoms with Gasteiger partial charge in [0.2, 0.25) is 0 Å². The summed E-state index contributed by atoms with van der Waals surface area (Å²) in [6.07, 6.45) is 0. The molecule has 0 spiro atoms. The Hall–Kier alpha value is -0.810. The summed E-state index contributed by atoms with van der Waals surface area (Å²) in [5.74, 6) is -1.12. The quantitative estimate of drug-likeness (QED) is 0.915. The molecule has 102 valence electrons. The summed E-state index contributed by atoms with van der Waals surface area (Å²) in [5.41, 5.74) is -0.0824.